The first-order valence-electron chi connectivity index (χ1n) is 6.79. The summed E-state index contributed by atoms with van der Waals surface area (Å²) < 4.78 is 5.80. The van der Waals surface area contributed by atoms with Gasteiger partial charge in [0.1, 0.15) is 0 Å². The fourth-order valence-electron chi connectivity index (χ4n) is 2.63. The van der Waals surface area contributed by atoms with Gasteiger partial charge in [0.05, 0.1) is 5.60 Å². The monoisotopic (exact) mass is 246 g/mol. The highest BCUT2D eigenvalue weighted by Crippen LogP contribution is 2.33. The van der Waals surface area contributed by atoms with Crippen LogP contribution in [0.3, 0.4) is 0 Å². The van der Waals surface area contributed by atoms with Gasteiger partial charge in [0, 0.05) is 18.1 Å². The third kappa shape index (κ3) is 2.81. The molecule has 2 nitrogen and oxygen atoms in total. The van der Waals surface area contributed by atoms with Crippen LogP contribution in [-0.4, -0.2) is 18.0 Å². The largest absolute Gasteiger partial charge is 0.375 e. The number of rotatable bonds is 3. The number of ether oxygens (including phenoxy) is 1. The van der Waals surface area contributed by atoms with E-state index in [9.17, 15) is 4.79 Å². The van der Waals surface area contributed by atoms with Gasteiger partial charge in [0.15, 0.2) is 5.78 Å². The molecular weight excluding hydrogens is 224 g/mol. The van der Waals surface area contributed by atoms with Crippen molar-refractivity contribution in [2.45, 2.75) is 45.6 Å². The summed E-state index contributed by atoms with van der Waals surface area (Å²) in [4.78, 5) is 12.5. The standard InChI is InChI=1S/C16H22O2/c1-4-16(3)11-14(8-9-18-16)15(17)13-7-5-6-12(2)10-13/h5-7,10,14H,4,8-9,11H2,1-3H3. The van der Waals surface area contributed by atoms with Crippen LogP contribution in [0, 0.1) is 12.8 Å². The zero-order valence-corrected chi connectivity index (χ0v) is 11.5. The van der Waals surface area contributed by atoms with Crippen molar-refractivity contribution in [2.75, 3.05) is 6.61 Å². The molecule has 1 aliphatic rings. The maximum Gasteiger partial charge on any atom is 0.166 e. The number of carbonyl (C=O) groups is 1. The first-order valence-corrected chi connectivity index (χ1v) is 6.79. The summed E-state index contributed by atoms with van der Waals surface area (Å²) in [7, 11) is 0. The Hall–Kier alpha value is -1.15. The fourth-order valence-corrected chi connectivity index (χ4v) is 2.63. The summed E-state index contributed by atoms with van der Waals surface area (Å²) in [6, 6.07) is 7.90. The van der Waals surface area contributed by atoms with Gasteiger partial charge in [-0.15, -0.1) is 0 Å². The number of aryl methyl sites for hydroxylation is 1. The number of carbonyl (C=O) groups excluding carboxylic acids is 1. The maximum absolute atomic E-state index is 12.5. The molecule has 0 aromatic heterocycles. The Labute approximate surface area is 109 Å². The number of hydrogen-bond acceptors (Lipinski definition) is 2. The average molecular weight is 246 g/mol. The quantitative estimate of drug-likeness (QED) is 0.759. The van der Waals surface area contributed by atoms with Crippen molar-refractivity contribution in [3.05, 3.63) is 35.4 Å². The number of benzene rings is 1. The molecule has 1 aromatic rings. The summed E-state index contributed by atoms with van der Waals surface area (Å²) >= 11 is 0. The highest BCUT2D eigenvalue weighted by atomic mass is 16.5. The van der Waals surface area contributed by atoms with E-state index in [0.717, 1.165) is 30.4 Å². The van der Waals surface area contributed by atoms with Crippen LogP contribution in [0.4, 0.5) is 0 Å². The Kier molecular flexibility index (Phi) is 3.86. The van der Waals surface area contributed by atoms with Gasteiger partial charge in [-0.25, -0.2) is 0 Å². The molecule has 0 bridgehead atoms. The van der Waals surface area contributed by atoms with Gasteiger partial charge in [0.25, 0.3) is 0 Å². The number of Topliss-reactive ketones (excluding diaryl/α,β-unsaturated/α-hetero) is 1. The van der Waals surface area contributed by atoms with Gasteiger partial charge in [-0.05, 0) is 39.2 Å². The molecule has 0 N–H and O–H groups in total. The lowest BCUT2D eigenvalue weighted by Gasteiger charge is -2.37. The van der Waals surface area contributed by atoms with Crippen LogP contribution in [0.5, 0.6) is 0 Å². The molecule has 1 aliphatic heterocycles. The van der Waals surface area contributed by atoms with E-state index in [-0.39, 0.29) is 17.3 Å². The van der Waals surface area contributed by atoms with Crippen molar-refractivity contribution in [1.82, 2.24) is 0 Å². The van der Waals surface area contributed by atoms with Crippen molar-refractivity contribution >= 4 is 5.78 Å². The van der Waals surface area contributed by atoms with E-state index in [1.807, 2.05) is 31.2 Å². The van der Waals surface area contributed by atoms with Gasteiger partial charge < -0.3 is 4.74 Å². The number of ketones is 1. The second-order valence-electron chi connectivity index (χ2n) is 5.58. The Morgan fingerprint density at radius 1 is 1.50 bits per heavy atom. The van der Waals surface area contributed by atoms with E-state index >= 15 is 0 Å². The maximum atomic E-state index is 12.5. The number of hydrogen-bond donors (Lipinski definition) is 0. The third-order valence-corrected chi connectivity index (χ3v) is 4.02. The van der Waals surface area contributed by atoms with Crippen LogP contribution in [0.25, 0.3) is 0 Å². The molecule has 2 unspecified atom stereocenters. The second kappa shape index (κ2) is 5.23. The molecular formula is C16H22O2. The van der Waals surface area contributed by atoms with E-state index in [1.54, 1.807) is 0 Å². The second-order valence-corrected chi connectivity index (χ2v) is 5.58. The first-order chi connectivity index (χ1) is 8.54. The van der Waals surface area contributed by atoms with Crippen LogP contribution in [-0.2, 0) is 4.74 Å². The van der Waals surface area contributed by atoms with Crippen molar-refractivity contribution in [3.63, 3.8) is 0 Å². The van der Waals surface area contributed by atoms with Crippen molar-refractivity contribution in [2.24, 2.45) is 5.92 Å². The van der Waals surface area contributed by atoms with Crippen molar-refractivity contribution < 1.29 is 9.53 Å². The Bertz CT molecular complexity index is 438. The molecule has 2 heteroatoms. The molecule has 2 atom stereocenters. The SMILES string of the molecule is CCC1(C)CC(C(=O)c2cccc(C)c2)CCO1. The molecule has 0 amide bonds. The van der Waals surface area contributed by atoms with Crippen LogP contribution < -0.4 is 0 Å². The molecule has 1 aromatic carbocycles. The minimum Gasteiger partial charge on any atom is -0.375 e. The molecule has 18 heavy (non-hydrogen) atoms. The summed E-state index contributed by atoms with van der Waals surface area (Å²) in [5, 5.41) is 0. The Morgan fingerprint density at radius 3 is 2.94 bits per heavy atom. The normalized spacial score (nSPS) is 28.1. The molecule has 1 saturated heterocycles. The lowest BCUT2D eigenvalue weighted by molar-refractivity contribution is -0.0811. The van der Waals surface area contributed by atoms with E-state index < -0.39 is 0 Å². The van der Waals surface area contributed by atoms with E-state index in [2.05, 4.69) is 13.8 Å². The van der Waals surface area contributed by atoms with Gasteiger partial charge in [-0.3, -0.25) is 4.79 Å². The highest BCUT2D eigenvalue weighted by molar-refractivity contribution is 5.98. The van der Waals surface area contributed by atoms with Crippen LogP contribution in [0.2, 0.25) is 0 Å². The smallest absolute Gasteiger partial charge is 0.166 e. The zero-order chi connectivity index (χ0) is 13.2. The molecule has 0 aliphatic carbocycles. The van der Waals surface area contributed by atoms with Crippen LogP contribution in [0.15, 0.2) is 24.3 Å². The topological polar surface area (TPSA) is 26.3 Å². The summed E-state index contributed by atoms with van der Waals surface area (Å²) in [6.07, 6.45) is 2.66. The van der Waals surface area contributed by atoms with E-state index in [1.165, 1.54) is 0 Å². The van der Waals surface area contributed by atoms with Gasteiger partial charge in [-0.1, -0.05) is 30.7 Å². The molecule has 2 rings (SSSR count). The molecule has 1 fully saturated rings. The molecule has 0 spiro atoms. The third-order valence-electron chi connectivity index (χ3n) is 4.02. The van der Waals surface area contributed by atoms with Crippen molar-refractivity contribution in [1.29, 1.82) is 0 Å². The summed E-state index contributed by atoms with van der Waals surface area (Å²) in [5.74, 6) is 0.396. The first kappa shape index (κ1) is 13.3. The Balaban J connectivity index is 2.14. The molecule has 0 radical (unpaired) electrons. The minimum atomic E-state index is -0.123. The van der Waals surface area contributed by atoms with Crippen molar-refractivity contribution in [3.8, 4) is 0 Å². The zero-order valence-electron chi connectivity index (χ0n) is 11.5. The fraction of sp³-hybridized carbons (Fsp3) is 0.562. The Morgan fingerprint density at radius 2 is 2.28 bits per heavy atom. The average Bonchev–Trinajstić information content (AvgIpc) is 2.38. The highest BCUT2D eigenvalue weighted by Gasteiger charge is 2.35. The summed E-state index contributed by atoms with van der Waals surface area (Å²) in [6.45, 7) is 6.96. The summed E-state index contributed by atoms with van der Waals surface area (Å²) in [5.41, 5.74) is 1.87. The van der Waals surface area contributed by atoms with Gasteiger partial charge >= 0.3 is 0 Å². The van der Waals surface area contributed by atoms with E-state index in [0.29, 0.717) is 6.61 Å². The predicted octanol–water partition coefficient (Wildman–Crippen LogP) is 3.77. The van der Waals surface area contributed by atoms with Crippen LogP contribution >= 0.6 is 0 Å². The molecule has 0 saturated carbocycles. The van der Waals surface area contributed by atoms with E-state index in [4.69, 9.17) is 4.74 Å². The van der Waals surface area contributed by atoms with Gasteiger partial charge in [0.2, 0.25) is 0 Å². The predicted molar refractivity (Wildman–Crippen MR) is 72.9 cm³/mol. The lowest BCUT2D eigenvalue weighted by Crippen LogP contribution is -2.39. The van der Waals surface area contributed by atoms with Crippen LogP contribution in [0.1, 0.15) is 49.0 Å². The minimum absolute atomic E-state index is 0.116. The molecule has 98 valence electrons. The lowest BCUT2D eigenvalue weighted by atomic mass is 9.81. The van der Waals surface area contributed by atoms with Gasteiger partial charge in [-0.2, -0.15) is 0 Å². The molecule has 1 heterocycles.